The van der Waals surface area contributed by atoms with Crippen LogP contribution in [0.1, 0.15) is 5.82 Å². The summed E-state index contributed by atoms with van der Waals surface area (Å²) in [7, 11) is 5.53. The fraction of sp³-hybridized carbons (Fsp3) is 0.444. The molecular formula is C18H27IN6O. The van der Waals surface area contributed by atoms with Gasteiger partial charge in [0.15, 0.2) is 5.96 Å². The van der Waals surface area contributed by atoms with Gasteiger partial charge in [-0.2, -0.15) is 0 Å². The first-order valence-corrected chi connectivity index (χ1v) is 8.52. The second-order valence-corrected chi connectivity index (χ2v) is 6.03. The van der Waals surface area contributed by atoms with Gasteiger partial charge in [0, 0.05) is 64.4 Å². The summed E-state index contributed by atoms with van der Waals surface area (Å²) in [5.41, 5.74) is 1.20. The van der Waals surface area contributed by atoms with E-state index < -0.39 is 0 Å². The zero-order chi connectivity index (χ0) is 17.6. The monoisotopic (exact) mass is 470 g/mol. The van der Waals surface area contributed by atoms with Gasteiger partial charge in [-0.25, -0.2) is 4.98 Å². The average molecular weight is 470 g/mol. The maximum absolute atomic E-state index is 5.33. The van der Waals surface area contributed by atoms with Crippen LogP contribution in [0.25, 0.3) is 0 Å². The van der Waals surface area contributed by atoms with Gasteiger partial charge in [-0.15, -0.1) is 24.0 Å². The largest absolute Gasteiger partial charge is 0.497 e. The first-order valence-electron chi connectivity index (χ1n) is 8.52. The van der Waals surface area contributed by atoms with Gasteiger partial charge in [0.1, 0.15) is 11.6 Å². The van der Waals surface area contributed by atoms with Crippen LogP contribution in [0.4, 0.5) is 5.69 Å². The van der Waals surface area contributed by atoms with Gasteiger partial charge in [0.25, 0.3) is 0 Å². The number of guanidine groups is 1. The van der Waals surface area contributed by atoms with E-state index in [2.05, 4.69) is 37.2 Å². The van der Waals surface area contributed by atoms with E-state index in [4.69, 9.17) is 4.74 Å². The third-order valence-corrected chi connectivity index (χ3v) is 4.54. The number of benzene rings is 1. The number of hydrogen-bond donors (Lipinski definition) is 1. The molecule has 0 spiro atoms. The van der Waals surface area contributed by atoms with Crippen LogP contribution < -0.4 is 15.0 Å². The maximum atomic E-state index is 5.33. The Hall–Kier alpha value is -1.97. The van der Waals surface area contributed by atoms with Gasteiger partial charge >= 0.3 is 0 Å². The van der Waals surface area contributed by atoms with Crippen LogP contribution in [-0.2, 0) is 13.6 Å². The van der Waals surface area contributed by atoms with E-state index in [1.807, 2.05) is 43.2 Å². The van der Waals surface area contributed by atoms with Crippen molar-refractivity contribution >= 4 is 35.6 Å². The number of aromatic nitrogens is 2. The minimum atomic E-state index is 0. The molecule has 1 aromatic carbocycles. The number of aliphatic imine (C=N–C) groups is 1. The number of ether oxygens (including phenoxy) is 1. The Kier molecular flexibility index (Phi) is 7.55. The number of rotatable bonds is 4. The summed E-state index contributed by atoms with van der Waals surface area (Å²) in [5, 5.41) is 3.41. The molecule has 142 valence electrons. The van der Waals surface area contributed by atoms with E-state index in [0.717, 1.165) is 43.7 Å². The van der Waals surface area contributed by atoms with Crippen LogP contribution in [0.3, 0.4) is 0 Å². The Bertz CT molecular complexity index is 724. The molecule has 8 heteroatoms. The lowest BCUT2D eigenvalue weighted by Crippen LogP contribution is -2.52. The van der Waals surface area contributed by atoms with E-state index in [9.17, 15) is 0 Å². The predicted octanol–water partition coefficient (Wildman–Crippen LogP) is 1.94. The first kappa shape index (κ1) is 20.3. The Labute approximate surface area is 172 Å². The number of aryl methyl sites for hydroxylation is 1. The van der Waals surface area contributed by atoms with Crippen molar-refractivity contribution in [3.63, 3.8) is 0 Å². The number of imidazole rings is 1. The third-order valence-electron chi connectivity index (χ3n) is 4.54. The molecule has 1 aliphatic rings. The van der Waals surface area contributed by atoms with Crippen molar-refractivity contribution in [3.05, 3.63) is 42.5 Å². The quantitative estimate of drug-likeness (QED) is 0.421. The highest BCUT2D eigenvalue weighted by Crippen LogP contribution is 2.22. The molecule has 0 radical (unpaired) electrons. The topological polar surface area (TPSA) is 57.9 Å². The standard InChI is InChI=1S/C18H26N6O.HI/c1-19-18(21-14-17-20-7-8-22(17)2)24-11-9-23(10-12-24)15-5-4-6-16(13-15)25-3;/h4-8,13H,9-12,14H2,1-3H3,(H,19,21);1H. The molecule has 0 saturated carbocycles. The van der Waals surface area contributed by atoms with Crippen molar-refractivity contribution in [1.29, 1.82) is 0 Å². The number of anilines is 1. The van der Waals surface area contributed by atoms with Gasteiger partial charge in [-0.05, 0) is 12.1 Å². The van der Waals surface area contributed by atoms with E-state index in [1.165, 1.54) is 5.69 Å². The van der Waals surface area contributed by atoms with Gasteiger partial charge in [0.2, 0.25) is 0 Å². The Morgan fingerprint density at radius 1 is 1.27 bits per heavy atom. The molecular weight excluding hydrogens is 443 g/mol. The van der Waals surface area contributed by atoms with Crippen molar-refractivity contribution in [2.75, 3.05) is 45.2 Å². The lowest BCUT2D eigenvalue weighted by Gasteiger charge is -2.37. The van der Waals surface area contributed by atoms with E-state index in [-0.39, 0.29) is 24.0 Å². The smallest absolute Gasteiger partial charge is 0.194 e. The van der Waals surface area contributed by atoms with Gasteiger partial charge in [-0.3, -0.25) is 4.99 Å². The number of nitrogens with zero attached hydrogens (tertiary/aromatic N) is 5. The fourth-order valence-electron chi connectivity index (χ4n) is 3.04. The summed E-state index contributed by atoms with van der Waals surface area (Å²) in [4.78, 5) is 13.4. The van der Waals surface area contributed by atoms with Crippen molar-refractivity contribution < 1.29 is 4.74 Å². The van der Waals surface area contributed by atoms with Crippen LogP contribution in [0.15, 0.2) is 41.7 Å². The molecule has 1 aromatic heterocycles. The second-order valence-electron chi connectivity index (χ2n) is 6.03. The predicted molar refractivity (Wildman–Crippen MR) is 116 cm³/mol. The maximum Gasteiger partial charge on any atom is 0.194 e. The van der Waals surface area contributed by atoms with Crippen LogP contribution >= 0.6 is 24.0 Å². The number of nitrogens with one attached hydrogen (secondary N) is 1. The molecule has 0 unspecified atom stereocenters. The molecule has 1 aliphatic heterocycles. The molecule has 2 heterocycles. The normalized spacial score (nSPS) is 14.8. The van der Waals surface area contributed by atoms with Gasteiger partial charge in [0.05, 0.1) is 13.7 Å². The highest BCUT2D eigenvalue weighted by atomic mass is 127. The SMILES string of the molecule is CN=C(NCc1nccn1C)N1CCN(c2cccc(OC)c2)CC1.I. The molecule has 7 nitrogen and oxygen atoms in total. The summed E-state index contributed by atoms with van der Waals surface area (Å²) >= 11 is 0. The number of methoxy groups -OCH3 is 1. The Balaban J connectivity index is 0.00000243. The number of halogens is 1. The van der Waals surface area contributed by atoms with Crippen LogP contribution in [0.2, 0.25) is 0 Å². The minimum Gasteiger partial charge on any atom is -0.497 e. The zero-order valence-corrected chi connectivity index (χ0v) is 17.9. The Morgan fingerprint density at radius 2 is 2.04 bits per heavy atom. The fourth-order valence-corrected chi connectivity index (χ4v) is 3.04. The Morgan fingerprint density at radius 3 is 2.65 bits per heavy atom. The minimum absolute atomic E-state index is 0. The average Bonchev–Trinajstić information content (AvgIpc) is 3.08. The lowest BCUT2D eigenvalue weighted by molar-refractivity contribution is 0.371. The first-order chi connectivity index (χ1) is 12.2. The number of piperazine rings is 1. The van der Waals surface area contributed by atoms with E-state index in [1.54, 1.807) is 7.11 Å². The van der Waals surface area contributed by atoms with Crippen LogP contribution in [0, 0.1) is 0 Å². The highest BCUT2D eigenvalue weighted by molar-refractivity contribution is 14.0. The van der Waals surface area contributed by atoms with E-state index in [0.29, 0.717) is 6.54 Å². The summed E-state index contributed by atoms with van der Waals surface area (Å²) in [6.07, 6.45) is 3.76. The van der Waals surface area contributed by atoms with Crippen LogP contribution in [0.5, 0.6) is 5.75 Å². The molecule has 0 aliphatic carbocycles. The van der Waals surface area contributed by atoms with Crippen LogP contribution in [-0.4, -0.2) is 60.7 Å². The van der Waals surface area contributed by atoms with Crippen molar-refractivity contribution in [1.82, 2.24) is 19.8 Å². The van der Waals surface area contributed by atoms with Crippen molar-refractivity contribution in [2.24, 2.45) is 12.0 Å². The zero-order valence-electron chi connectivity index (χ0n) is 15.6. The third kappa shape index (κ3) is 4.80. The van der Waals surface area contributed by atoms with Gasteiger partial charge < -0.3 is 24.4 Å². The van der Waals surface area contributed by atoms with Gasteiger partial charge in [-0.1, -0.05) is 6.07 Å². The van der Waals surface area contributed by atoms with Crippen molar-refractivity contribution in [3.8, 4) is 5.75 Å². The molecule has 0 atom stereocenters. The molecule has 1 saturated heterocycles. The number of hydrogen-bond acceptors (Lipinski definition) is 4. The molecule has 0 bridgehead atoms. The summed E-state index contributed by atoms with van der Waals surface area (Å²) in [6.45, 7) is 4.44. The highest BCUT2D eigenvalue weighted by Gasteiger charge is 2.20. The molecule has 2 aromatic rings. The summed E-state index contributed by atoms with van der Waals surface area (Å²) < 4.78 is 7.34. The molecule has 1 N–H and O–H groups in total. The molecule has 26 heavy (non-hydrogen) atoms. The molecule has 3 rings (SSSR count). The summed E-state index contributed by atoms with van der Waals surface area (Å²) in [6, 6.07) is 8.23. The van der Waals surface area contributed by atoms with Crippen molar-refractivity contribution in [2.45, 2.75) is 6.54 Å². The lowest BCUT2D eigenvalue weighted by atomic mass is 10.2. The second kappa shape index (κ2) is 9.65. The molecule has 0 amide bonds. The van der Waals surface area contributed by atoms with E-state index >= 15 is 0 Å². The summed E-state index contributed by atoms with van der Waals surface area (Å²) in [5.74, 6) is 2.82. The molecule has 1 fully saturated rings.